The fourth-order valence-corrected chi connectivity index (χ4v) is 2.26. The van der Waals surface area contributed by atoms with Crippen LogP contribution in [0.2, 0.25) is 0 Å². The van der Waals surface area contributed by atoms with E-state index in [9.17, 15) is 8.78 Å². The Hall–Kier alpha value is -1.36. The Morgan fingerprint density at radius 2 is 1.15 bits per heavy atom. The van der Waals surface area contributed by atoms with Gasteiger partial charge in [-0.2, -0.15) is 17.2 Å². The molecule has 0 aliphatic rings. The van der Waals surface area contributed by atoms with E-state index in [1.807, 2.05) is 0 Å². The van der Waals surface area contributed by atoms with E-state index in [1.165, 1.54) is 10.6 Å². The van der Waals surface area contributed by atoms with Gasteiger partial charge < -0.3 is 0 Å². The summed E-state index contributed by atoms with van der Waals surface area (Å²) in [7, 11) is -4.30. The van der Waals surface area contributed by atoms with Gasteiger partial charge in [0.25, 0.3) is 0 Å². The Kier molecular flexibility index (Phi) is 6.71. The first-order valence-electron chi connectivity index (χ1n) is 5.51. The standard InChI is InChI=1S/C12H11P.CH2F2O3S/c1-3-7-11(8-4-1)13-12-9-5-2-6-10-12;2-1(3)7(4,5)6/h1-10,13H;1H,(H,4,5,6). The first kappa shape index (κ1) is 16.7. The van der Waals surface area contributed by atoms with Crippen molar-refractivity contribution in [2.24, 2.45) is 0 Å². The number of benzene rings is 2. The largest absolute Gasteiger partial charge is 0.361 e. The number of hydrogen-bond acceptors (Lipinski definition) is 2. The molecule has 0 unspecified atom stereocenters. The lowest BCUT2D eigenvalue weighted by atomic mass is 10.4. The second-order valence-corrected chi connectivity index (χ2v) is 6.42. The lowest BCUT2D eigenvalue weighted by Crippen LogP contribution is -2.07. The van der Waals surface area contributed by atoms with E-state index in [1.54, 1.807) is 0 Å². The number of hydrogen-bond donors (Lipinski definition) is 1. The molecular formula is C13H13F2O3PS. The minimum absolute atomic E-state index is 0.777. The van der Waals surface area contributed by atoms with Gasteiger partial charge in [0.1, 0.15) is 0 Å². The van der Waals surface area contributed by atoms with Gasteiger partial charge in [0.2, 0.25) is 0 Å². The second-order valence-electron chi connectivity index (χ2n) is 3.63. The molecular weight excluding hydrogens is 305 g/mol. The van der Waals surface area contributed by atoms with Crippen LogP contribution in [0.5, 0.6) is 0 Å². The lowest BCUT2D eigenvalue weighted by molar-refractivity contribution is 0.217. The van der Waals surface area contributed by atoms with Gasteiger partial charge in [-0.1, -0.05) is 69.2 Å². The van der Waals surface area contributed by atoms with Crippen LogP contribution in [-0.4, -0.2) is 18.7 Å². The molecule has 0 saturated carbocycles. The minimum Gasteiger partial charge on any atom is -0.281 e. The van der Waals surface area contributed by atoms with Crippen LogP contribution in [0, 0.1) is 0 Å². The molecule has 0 amide bonds. The summed E-state index contributed by atoms with van der Waals surface area (Å²) in [5, 5.41) is 2.79. The van der Waals surface area contributed by atoms with Crippen LogP contribution in [0.3, 0.4) is 0 Å². The van der Waals surface area contributed by atoms with Crippen LogP contribution in [0.15, 0.2) is 60.7 Å². The zero-order valence-electron chi connectivity index (χ0n) is 10.3. The molecule has 108 valence electrons. The molecule has 20 heavy (non-hydrogen) atoms. The van der Waals surface area contributed by atoms with Crippen molar-refractivity contribution in [2.45, 2.75) is 5.76 Å². The third-order valence-electron chi connectivity index (χ3n) is 2.06. The summed E-state index contributed by atoms with van der Waals surface area (Å²) in [6.07, 6.45) is 0. The van der Waals surface area contributed by atoms with E-state index >= 15 is 0 Å². The maximum absolute atomic E-state index is 10.7. The van der Waals surface area contributed by atoms with Gasteiger partial charge in [0, 0.05) is 0 Å². The lowest BCUT2D eigenvalue weighted by Gasteiger charge is -2.00. The SMILES string of the molecule is O=S(=O)(O)C(F)F.c1ccc(Pc2ccccc2)cc1. The smallest absolute Gasteiger partial charge is 0.281 e. The highest BCUT2D eigenvalue weighted by atomic mass is 32.2. The molecule has 0 spiro atoms. The van der Waals surface area contributed by atoms with E-state index in [0.29, 0.717) is 0 Å². The van der Waals surface area contributed by atoms with Gasteiger partial charge in [-0.05, 0) is 10.6 Å². The van der Waals surface area contributed by atoms with Crippen molar-refractivity contribution in [2.75, 3.05) is 0 Å². The predicted octanol–water partition coefficient (Wildman–Crippen LogP) is 2.41. The Morgan fingerprint density at radius 1 is 0.850 bits per heavy atom. The molecule has 0 aliphatic carbocycles. The van der Waals surface area contributed by atoms with Crippen molar-refractivity contribution in [3.8, 4) is 0 Å². The summed E-state index contributed by atoms with van der Waals surface area (Å²) in [5.41, 5.74) is 0. The molecule has 7 heteroatoms. The van der Waals surface area contributed by atoms with E-state index < -0.39 is 15.9 Å². The summed E-state index contributed by atoms with van der Waals surface area (Å²) in [5.74, 6) is -3.67. The van der Waals surface area contributed by atoms with Crippen molar-refractivity contribution in [1.29, 1.82) is 0 Å². The molecule has 1 N–H and O–H groups in total. The molecule has 0 saturated heterocycles. The molecule has 0 aliphatic heterocycles. The normalized spacial score (nSPS) is 10.8. The molecule has 0 bridgehead atoms. The Morgan fingerprint density at radius 3 is 1.40 bits per heavy atom. The van der Waals surface area contributed by atoms with Gasteiger partial charge >= 0.3 is 15.9 Å². The fraction of sp³-hybridized carbons (Fsp3) is 0.0769. The first-order valence-corrected chi connectivity index (χ1v) is 8.01. The van der Waals surface area contributed by atoms with Gasteiger partial charge in [0.05, 0.1) is 0 Å². The molecule has 0 atom stereocenters. The highest BCUT2D eigenvalue weighted by molar-refractivity contribution is 7.86. The van der Waals surface area contributed by atoms with Crippen LogP contribution in [0.1, 0.15) is 0 Å². The minimum atomic E-state index is -5.07. The third kappa shape index (κ3) is 6.70. The highest BCUT2D eigenvalue weighted by Gasteiger charge is 2.18. The maximum atomic E-state index is 10.7. The zero-order chi connectivity index (χ0) is 15.0. The topological polar surface area (TPSA) is 54.4 Å². The van der Waals surface area contributed by atoms with Crippen LogP contribution < -0.4 is 10.6 Å². The third-order valence-corrected chi connectivity index (χ3v) is 3.76. The Bertz CT molecular complexity index is 567. The average molecular weight is 318 g/mol. The van der Waals surface area contributed by atoms with Gasteiger partial charge in [-0.25, -0.2) is 0 Å². The quantitative estimate of drug-likeness (QED) is 0.698. The zero-order valence-corrected chi connectivity index (χ0v) is 12.1. The molecule has 2 aromatic carbocycles. The predicted molar refractivity (Wildman–Crippen MR) is 78.0 cm³/mol. The van der Waals surface area contributed by atoms with E-state index in [-0.39, 0.29) is 0 Å². The Balaban J connectivity index is 0.000000246. The number of rotatable bonds is 3. The van der Waals surface area contributed by atoms with E-state index in [0.717, 1.165) is 8.58 Å². The summed E-state index contributed by atoms with van der Waals surface area (Å²) in [4.78, 5) is 0. The van der Waals surface area contributed by atoms with E-state index in [4.69, 9.17) is 13.0 Å². The van der Waals surface area contributed by atoms with Gasteiger partial charge in [-0.3, -0.25) is 4.55 Å². The fourth-order valence-electron chi connectivity index (χ4n) is 1.21. The first-order chi connectivity index (χ1) is 9.39. The average Bonchev–Trinajstić information content (AvgIpc) is 2.40. The number of alkyl halides is 2. The molecule has 0 fully saturated rings. The molecule has 0 radical (unpaired) electrons. The Labute approximate surface area is 118 Å². The molecule has 0 heterocycles. The summed E-state index contributed by atoms with van der Waals surface area (Å²) in [6, 6.07) is 21.2. The van der Waals surface area contributed by atoms with E-state index in [2.05, 4.69) is 60.7 Å². The van der Waals surface area contributed by atoms with Gasteiger partial charge in [-0.15, -0.1) is 0 Å². The van der Waals surface area contributed by atoms with Crippen LogP contribution >= 0.6 is 8.58 Å². The van der Waals surface area contributed by atoms with Crippen LogP contribution in [-0.2, 0) is 10.1 Å². The second kappa shape index (κ2) is 8.04. The van der Waals surface area contributed by atoms with Gasteiger partial charge in [0.15, 0.2) is 0 Å². The summed E-state index contributed by atoms with van der Waals surface area (Å²) in [6.45, 7) is 0. The molecule has 0 aromatic heterocycles. The van der Waals surface area contributed by atoms with Crippen LogP contribution in [0.4, 0.5) is 8.78 Å². The highest BCUT2D eigenvalue weighted by Crippen LogP contribution is 2.08. The molecule has 2 rings (SSSR count). The van der Waals surface area contributed by atoms with Crippen molar-refractivity contribution in [1.82, 2.24) is 0 Å². The van der Waals surface area contributed by atoms with Crippen molar-refractivity contribution < 1.29 is 21.8 Å². The summed E-state index contributed by atoms with van der Waals surface area (Å²) < 4.78 is 47.0. The molecule has 3 nitrogen and oxygen atoms in total. The number of halogens is 2. The van der Waals surface area contributed by atoms with Crippen molar-refractivity contribution in [3.05, 3.63) is 60.7 Å². The monoisotopic (exact) mass is 318 g/mol. The van der Waals surface area contributed by atoms with Crippen LogP contribution in [0.25, 0.3) is 0 Å². The summed E-state index contributed by atoms with van der Waals surface area (Å²) >= 11 is 0. The maximum Gasteiger partial charge on any atom is 0.361 e. The van der Waals surface area contributed by atoms with Crippen molar-refractivity contribution >= 4 is 29.3 Å². The molecule has 2 aromatic rings. The van der Waals surface area contributed by atoms with Crippen molar-refractivity contribution in [3.63, 3.8) is 0 Å².